The third-order valence-corrected chi connectivity index (χ3v) is 2.34. The molecule has 0 aromatic carbocycles. The van der Waals surface area contributed by atoms with E-state index >= 15 is 0 Å². The molecular weight excluding hydrogens is 190 g/mol. The number of rotatable bonds is 3. The number of carbonyl (C=O) groups is 1. The SMILES string of the molecule is CC(C)(C)OC(=O)CC(CN)C(C)(C)C. The van der Waals surface area contributed by atoms with Gasteiger partial charge in [-0.3, -0.25) is 4.79 Å². The van der Waals surface area contributed by atoms with Crippen molar-refractivity contribution in [2.24, 2.45) is 17.1 Å². The third kappa shape index (κ3) is 6.50. The van der Waals surface area contributed by atoms with Gasteiger partial charge in [0.05, 0.1) is 6.42 Å². The molecule has 0 spiro atoms. The number of hydrogen-bond acceptors (Lipinski definition) is 3. The first-order valence-electron chi connectivity index (χ1n) is 5.48. The van der Waals surface area contributed by atoms with Gasteiger partial charge in [-0.05, 0) is 38.6 Å². The van der Waals surface area contributed by atoms with Crippen LogP contribution in [0.25, 0.3) is 0 Å². The number of ether oxygens (including phenoxy) is 1. The third-order valence-electron chi connectivity index (χ3n) is 2.34. The van der Waals surface area contributed by atoms with Crippen molar-refractivity contribution in [3.63, 3.8) is 0 Å². The van der Waals surface area contributed by atoms with Crippen LogP contribution in [-0.4, -0.2) is 18.1 Å². The molecule has 15 heavy (non-hydrogen) atoms. The monoisotopic (exact) mass is 215 g/mol. The van der Waals surface area contributed by atoms with Gasteiger partial charge in [0.2, 0.25) is 0 Å². The molecule has 1 atom stereocenters. The molecule has 0 aliphatic rings. The fourth-order valence-corrected chi connectivity index (χ4v) is 1.33. The minimum absolute atomic E-state index is 0.0473. The zero-order valence-electron chi connectivity index (χ0n) is 10.9. The maximum atomic E-state index is 11.6. The largest absolute Gasteiger partial charge is 0.460 e. The smallest absolute Gasteiger partial charge is 0.306 e. The minimum atomic E-state index is -0.409. The highest BCUT2D eigenvalue weighted by Gasteiger charge is 2.27. The number of carbonyl (C=O) groups excluding carboxylic acids is 1. The number of esters is 1. The topological polar surface area (TPSA) is 52.3 Å². The van der Waals surface area contributed by atoms with Crippen LogP contribution in [0.1, 0.15) is 48.0 Å². The molecule has 90 valence electrons. The Labute approximate surface area is 93.4 Å². The van der Waals surface area contributed by atoms with Gasteiger partial charge in [-0.15, -0.1) is 0 Å². The van der Waals surface area contributed by atoms with Gasteiger partial charge in [0.15, 0.2) is 0 Å². The molecule has 1 unspecified atom stereocenters. The van der Waals surface area contributed by atoms with Crippen LogP contribution in [-0.2, 0) is 9.53 Å². The molecule has 0 saturated heterocycles. The first-order valence-corrected chi connectivity index (χ1v) is 5.48. The van der Waals surface area contributed by atoms with Crippen LogP contribution in [0.4, 0.5) is 0 Å². The average molecular weight is 215 g/mol. The Kier molecular flexibility index (Phi) is 4.78. The highest BCUT2D eigenvalue weighted by Crippen LogP contribution is 2.28. The van der Waals surface area contributed by atoms with E-state index in [4.69, 9.17) is 10.5 Å². The molecule has 0 saturated carbocycles. The summed E-state index contributed by atoms with van der Waals surface area (Å²) in [7, 11) is 0. The molecule has 0 rings (SSSR count). The van der Waals surface area contributed by atoms with E-state index in [9.17, 15) is 4.79 Å². The molecule has 0 aromatic rings. The van der Waals surface area contributed by atoms with E-state index in [1.165, 1.54) is 0 Å². The molecule has 0 aliphatic carbocycles. The van der Waals surface area contributed by atoms with Crippen molar-refractivity contribution in [3.05, 3.63) is 0 Å². The van der Waals surface area contributed by atoms with Crippen molar-refractivity contribution in [1.29, 1.82) is 0 Å². The zero-order chi connectivity index (χ0) is 12.3. The summed E-state index contributed by atoms with van der Waals surface area (Å²) in [6.45, 7) is 12.4. The van der Waals surface area contributed by atoms with E-state index in [1.54, 1.807) is 0 Å². The van der Waals surface area contributed by atoms with Crippen LogP contribution in [0.3, 0.4) is 0 Å². The Morgan fingerprint density at radius 1 is 1.20 bits per heavy atom. The molecule has 0 bridgehead atoms. The second kappa shape index (κ2) is 4.97. The van der Waals surface area contributed by atoms with E-state index in [2.05, 4.69) is 20.8 Å². The van der Waals surface area contributed by atoms with Gasteiger partial charge in [0.1, 0.15) is 5.60 Å². The Hall–Kier alpha value is -0.570. The minimum Gasteiger partial charge on any atom is -0.460 e. The Morgan fingerprint density at radius 2 is 1.67 bits per heavy atom. The molecule has 0 amide bonds. The lowest BCUT2D eigenvalue weighted by atomic mass is 9.79. The van der Waals surface area contributed by atoms with Gasteiger partial charge in [0, 0.05) is 0 Å². The second-order valence-corrected chi connectivity index (χ2v) is 6.09. The Bertz CT molecular complexity index is 211. The molecule has 0 aliphatic heterocycles. The lowest BCUT2D eigenvalue weighted by Gasteiger charge is -2.30. The van der Waals surface area contributed by atoms with Crippen molar-refractivity contribution in [2.75, 3.05) is 6.54 Å². The lowest BCUT2D eigenvalue weighted by Crippen LogP contribution is -2.33. The highest BCUT2D eigenvalue weighted by molar-refractivity contribution is 5.70. The zero-order valence-corrected chi connectivity index (χ0v) is 10.9. The van der Waals surface area contributed by atoms with E-state index in [0.717, 1.165) is 0 Å². The predicted octanol–water partition coefficient (Wildman–Crippen LogP) is 2.34. The van der Waals surface area contributed by atoms with E-state index in [1.807, 2.05) is 20.8 Å². The molecular formula is C12H25NO2. The summed E-state index contributed by atoms with van der Waals surface area (Å²) < 4.78 is 5.27. The number of nitrogens with two attached hydrogens (primary N) is 1. The Balaban J connectivity index is 4.27. The summed E-state index contributed by atoms with van der Waals surface area (Å²) in [5.74, 6) is 0.0141. The molecule has 3 nitrogen and oxygen atoms in total. The molecule has 2 N–H and O–H groups in total. The van der Waals surface area contributed by atoms with E-state index in [0.29, 0.717) is 13.0 Å². The standard InChI is InChI=1S/C12H25NO2/c1-11(2,3)9(8-13)7-10(14)15-12(4,5)6/h9H,7-8,13H2,1-6H3. The van der Waals surface area contributed by atoms with Gasteiger partial charge in [-0.2, -0.15) is 0 Å². The highest BCUT2D eigenvalue weighted by atomic mass is 16.6. The predicted molar refractivity (Wildman–Crippen MR) is 62.5 cm³/mol. The lowest BCUT2D eigenvalue weighted by molar-refractivity contribution is -0.156. The van der Waals surface area contributed by atoms with Crippen LogP contribution in [0, 0.1) is 11.3 Å². The molecule has 0 fully saturated rings. The van der Waals surface area contributed by atoms with Crippen molar-refractivity contribution >= 4 is 5.97 Å². The summed E-state index contributed by atoms with van der Waals surface area (Å²) in [5.41, 5.74) is 5.30. The van der Waals surface area contributed by atoms with Crippen LogP contribution in [0.5, 0.6) is 0 Å². The summed E-state index contributed by atoms with van der Waals surface area (Å²) in [5, 5.41) is 0. The maximum absolute atomic E-state index is 11.6. The summed E-state index contributed by atoms with van der Waals surface area (Å²) in [4.78, 5) is 11.6. The van der Waals surface area contributed by atoms with Gasteiger partial charge in [0.25, 0.3) is 0 Å². The van der Waals surface area contributed by atoms with Crippen LogP contribution in [0.15, 0.2) is 0 Å². The average Bonchev–Trinajstić information content (AvgIpc) is 1.94. The first kappa shape index (κ1) is 14.4. The van der Waals surface area contributed by atoms with E-state index in [-0.39, 0.29) is 17.3 Å². The van der Waals surface area contributed by atoms with Gasteiger partial charge in [-0.1, -0.05) is 20.8 Å². The molecule has 0 heterocycles. The summed E-state index contributed by atoms with van der Waals surface area (Å²) in [6.07, 6.45) is 0.400. The van der Waals surface area contributed by atoms with Crippen molar-refractivity contribution in [2.45, 2.75) is 53.6 Å². The number of hydrogen-bond donors (Lipinski definition) is 1. The van der Waals surface area contributed by atoms with Gasteiger partial charge in [-0.25, -0.2) is 0 Å². The molecule has 3 heteroatoms. The van der Waals surface area contributed by atoms with Crippen LogP contribution >= 0.6 is 0 Å². The second-order valence-electron chi connectivity index (χ2n) is 6.09. The first-order chi connectivity index (χ1) is 6.56. The fraction of sp³-hybridized carbons (Fsp3) is 0.917. The Morgan fingerprint density at radius 3 is 1.93 bits per heavy atom. The quantitative estimate of drug-likeness (QED) is 0.735. The van der Waals surface area contributed by atoms with Crippen molar-refractivity contribution in [3.8, 4) is 0 Å². The van der Waals surface area contributed by atoms with Crippen molar-refractivity contribution < 1.29 is 9.53 Å². The maximum Gasteiger partial charge on any atom is 0.306 e. The van der Waals surface area contributed by atoms with Crippen LogP contribution in [0.2, 0.25) is 0 Å². The van der Waals surface area contributed by atoms with Crippen LogP contribution < -0.4 is 5.73 Å². The summed E-state index contributed by atoms with van der Waals surface area (Å²) in [6, 6.07) is 0. The normalized spacial score (nSPS) is 14.9. The summed E-state index contributed by atoms with van der Waals surface area (Å²) >= 11 is 0. The van der Waals surface area contributed by atoms with Crippen molar-refractivity contribution in [1.82, 2.24) is 0 Å². The van der Waals surface area contributed by atoms with Gasteiger partial charge < -0.3 is 10.5 Å². The molecule has 0 radical (unpaired) electrons. The fourth-order valence-electron chi connectivity index (χ4n) is 1.33. The van der Waals surface area contributed by atoms with E-state index < -0.39 is 5.60 Å². The van der Waals surface area contributed by atoms with Gasteiger partial charge >= 0.3 is 5.97 Å². The molecule has 0 aromatic heterocycles.